The van der Waals surface area contributed by atoms with Crippen LogP contribution >= 0.6 is 0 Å². The fraction of sp³-hybridized carbons (Fsp3) is 0.346. The maximum atomic E-state index is 10.9. The van der Waals surface area contributed by atoms with Gasteiger partial charge in [0.2, 0.25) is 0 Å². The van der Waals surface area contributed by atoms with E-state index in [-0.39, 0.29) is 6.42 Å². The van der Waals surface area contributed by atoms with Crippen LogP contribution in [0.3, 0.4) is 0 Å². The third kappa shape index (κ3) is 6.37. The molecular weight excluding hydrogens is 402 g/mol. The number of carboxylic acid groups (broad SMARTS) is 1. The minimum Gasteiger partial charge on any atom is -0.497 e. The van der Waals surface area contributed by atoms with Crippen molar-refractivity contribution in [3.05, 3.63) is 63.9 Å². The van der Waals surface area contributed by atoms with Gasteiger partial charge in [0.05, 0.1) is 41.2 Å². The number of aromatic amines is 2. The van der Waals surface area contributed by atoms with Gasteiger partial charge in [0, 0.05) is 28.5 Å². The first-order valence-electron chi connectivity index (χ1n) is 10.9. The summed E-state index contributed by atoms with van der Waals surface area (Å²) >= 11 is 0. The Morgan fingerprint density at radius 2 is 1.84 bits per heavy atom. The molecule has 32 heavy (non-hydrogen) atoms. The van der Waals surface area contributed by atoms with Gasteiger partial charge in [-0.2, -0.15) is 0 Å². The van der Waals surface area contributed by atoms with Crippen molar-refractivity contribution >= 4 is 18.1 Å². The Morgan fingerprint density at radius 1 is 1.12 bits per heavy atom. The maximum Gasteiger partial charge on any atom is 0.307 e. The molecule has 1 aromatic carbocycles. The van der Waals surface area contributed by atoms with E-state index < -0.39 is 5.97 Å². The zero-order valence-corrected chi connectivity index (χ0v) is 19.7. The summed E-state index contributed by atoms with van der Waals surface area (Å²) in [6.07, 6.45) is 5.89. The van der Waals surface area contributed by atoms with Crippen molar-refractivity contribution in [3.63, 3.8) is 0 Å². The van der Waals surface area contributed by atoms with Crippen LogP contribution in [0.25, 0.3) is 23.4 Å². The van der Waals surface area contributed by atoms with E-state index in [1.807, 2.05) is 25.1 Å². The normalized spacial score (nSPS) is 13.0. The van der Waals surface area contributed by atoms with E-state index in [4.69, 9.17) is 9.84 Å². The molecule has 0 radical (unpaired) electrons. The van der Waals surface area contributed by atoms with E-state index in [0.29, 0.717) is 0 Å². The molecule has 170 valence electrons. The zero-order valence-electron chi connectivity index (χ0n) is 19.7. The van der Waals surface area contributed by atoms with Crippen LogP contribution in [0.4, 0.5) is 0 Å². The highest BCUT2D eigenvalue weighted by atomic mass is 16.5. The number of rotatable bonds is 9. The smallest absolute Gasteiger partial charge is 0.307 e. The molecule has 3 N–H and O–H groups in total. The Labute approximate surface area is 189 Å². The van der Waals surface area contributed by atoms with Crippen LogP contribution in [0.15, 0.2) is 36.4 Å². The number of carbonyl (C=O) groups is 1. The molecule has 0 spiro atoms. The highest BCUT2D eigenvalue weighted by Gasteiger charge is 2.12. The average molecular weight is 437 g/mol. The summed E-state index contributed by atoms with van der Waals surface area (Å²) in [6, 6.07) is 12.3. The first kappa shape index (κ1) is 23.4. The topological polar surface area (TPSA) is 78.1 Å². The number of quaternary nitrogens is 1. The van der Waals surface area contributed by atoms with Crippen molar-refractivity contribution in [3.8, 4) is 17.0 Å². The second-order valence-corrected chi connectivity index (χ2v) is 9.24. The molecule has 0 atom stereocenters. The molecule has 0 aliphatic carbocycles. The number of aromatic nitrogens is 2. The molecule has 0 aliphatic heterocycles. The molecule has 6 heteroatoms. The van der Waals surface area contributed by atoms with Gasteiger partial charge < -0.3 is 24.3 Å². The lowest BCUT2D eigenvalue weighted by molar-refractivity contribution is -0.870. The fourth-order valence-electron chi connectivity index (χ4n) is 3.72. The van der Waals surface area contributed by atoms with Gasteiger partial charge in [-0.15, -0.1) is 0 Å². The van der Waals surface area contributed by atoms with E-state index in [9.17, 15) is 4.79 Å². The predicted octanol–water partition coefficient (Wildman–Crippen LogP) is 3.05. The summed E-state index contributed by atoms with van der Waals surface area (Å²) in [4.78, 5) is 17.8. The Kier molecular flexibility index (Phi) is 7.26. The fourth-order valence-corrected chi connectivity index (χ4v) is 3.72. The molecule has 3 rings (SSSR count). The van der Waals surface area contributed by atoms with E-state index in [0.717, 1.165) is 62.8 Å². The number of benzene rings is 1. The highest BCUT2D eigenvalue weighted by Crippen LogP contribution is 2.25. The van der Waals surface area contributed by atoms with Gasteiger partial charge in [-0.05, 0) is 78.6 Å². The number of ether oxygens (including phenoxy) is 1. The molecule has 0 saturated carbocycles. The minimum absolute atomic E-state index is 0.000182. The van der Waals surface area contributed by atoms with Gasteiger partial charge in [-0.1, -0.05) is 0 Å². The standard InChI is InChI=1S/C26H33N3O3/c1-18-15-21(10-13-26(30)31)27-23(18)17-25-20(7-6-14-29(2,3)4)16-24(28-25)19-8-11-22(32-5)12-9-19/h8-12,15-17,27-28H,6-7,13-14H2,1-5H3/p+1/b21-10+,23-17-. The second-order valence-electron chi connectivity index (χ2n) is 9.24. The first-order chi connectivity index (χ1) is 15.1. The number of nitrogens with zero attached hydrogens (tertiary/aromatic N) is 1. The van der Waals surface area contributed by atoms with Gasteiger partial charge in [-0.25, -0.2) is 0 Å². The molecule has 2 heterocycles. The van der Waals surface area contributed by atoms with Gasteiger partial charge >= 0.3 is 5.97 Å². The quantitative estimate of drug-likeness (QED) is 0.451. The van der Waals surface area contributed by atoms with Crippen LogP contribution in [0, 0.1) is 6.92 Å². The Morgan fingerprint density at radius 3 is 2.47 bits per heavy atom. The van der Waals surface area contributed by atoms with E-state index in [1.54, 1.807) is 13.2 Å². The summed E-state index contributed by atoms with van der Waals surface area (Å²) < 4.78 is 6.22. The van der Waals surface area contributed by atoms with Crippen molar-refractivity contribution in [2.75, 3.05) is 34.8 Å². The number of carboxylic acids is 1. The van der Waals surface area contributed by atoms with Gasteiger partial charge in [0.1, 0.15) is 5.75 Å². The average Bonchev–Trinajstić information content (AvgIpc) is 3.29. The third-order valence-electron chi connectivity index (χ3n) is 5.47. The number of nitrogens with one attached hydrogen (secondary N) is 2. The molecule has 0 unspecified atom stereocenters. The first-order valence-corrected chi connectivity index (χ1v) is 10.9. The summed E-state index contributed by atoms with van der Waals surface area (Å²) in [5.41, 5.74) is 5.61. The molecule has 6 nitrogen and oxygen atoms in total. The molecule has 0 aliphatic rings. The number of aryl methyl sites for hydroxylation is 2. The van der Waals surface area contributed by atoms with Crippen molar-refractivity contribution in [1.29, 1.82) is 0 Å². The molecular formula is C26H34N3O3+. The molecule has 0 amide bonds. The lowest BCUT2D eigenvalue weighted by Crippen LogP contribution is -2.35. The number of methoxy groups -OCH3 is 1. The summed E-state index contributed by atoms with van der Waals surface area (Å²) in [5, 5.41) is 10.7. The maximum absolute atomic E-state index is 10.9. The van der Waals surface area contributed by atoms with Crippen LogP contribution in [0.1, 0.15) is 29.7 Å². The summed E-state index contributed by atoms with van der Waals surface area (Å²) in [6.45, 7) is 3.13. The number of hydrogen-bond acceptors (Lipinski definition) is 2. The highest BCUT2D eigenvalue weighted by molar-refractivity contribution is 5.73. The Balaban J connectivity index is 1.98. The summed E-state index contributed by atoms with van der Waals surface area (Å²) in [7, 11) is 8.31. The Hall–Kier alpha value is -3.25. The van der Waals surface area contributed by atoms with Crippen LogP contribution in [-0.2, 0) is 11.2 Å². The van der Waals surface area contributed by atoms with Crippen molar-refractivity contribution < 1.29 is 19.1 Å². The van der Waals surface area contributed by atoms with E-state index in [2.05, 4.69) is 55.4 Å². The monoisotopic (exact) mass is 436 g/mol. The number of hydrogen-bond donors (Lipinski definition) is 3. The van der Waals surface area contributed by atoms with Crippen LogP contribution in [-0.4, -0.2) is 60.3 Å². The Bertz CT molecular complexity index is 1180. The van der Waals surface area contributed by atoms with Crippen molar-refractivity contribution in [1.82, 2.24) is 9.97 Å². The largest absolute Gasteiger partial charge is 0.497 e. The SMILES string of the molecule is COc1ccc(-c2cc(CCC[N+](C)(C)C)c(/C=c3\[nH]/c(=C/CC(=O)O)cc3C)[nH]2)cc1. The van der Waals surface area contributed by atoms with Crippen LogP contribution in [0.2, 0.25) is 0 Å². The number of H-pyrrole nitrogens is 2. The second kappa shape index (κ2) is 9.92. The van der Waals surface area contributed by atoms with E-state index >= 15 is 0 Å². The molecule has 0 bridgehead atoms. The van der Waals surface area contributed by atoms with Gasteiger partial charge in [0.15, 0.2) is 0 Å². The van der Waals surface area contributed by atoms with Gasteiger partial charge in [0.25, 0.3) is 0 Å². The zero-order chi connectivity index (χ0) is 23.3. The molecule has 2 aromatic heterocycles. The van der Waals surface area contributed by atoms with Crippen molar-refractivity contribution in [2.24, 2.45) is 0 Å². The lowest BCUT2D eigenvalue weighted by atomic mass is 10.1. The molecule has 0 fully saturated rings. The van der Waals surface area contributed by atoms with Crippen molar-refractivity contribution in [2.45, 2.75) is 26.2 Å². The van der Waals surface area contributed by atoms with E-state index in [1.165, 1.54) is 5.56 Å². The molecule has 3 aromatic rings. The third-order valence-corrected chi connectivity index (χ3v) is 5.47. The lowest BCUT2D eigenvalue weighted by Gasteiger charge is -2.23. The minimum atomic E-state index is -0.837. The van der Waals surface area contributed by atoms with Gasteiger partial charge in [-0.3, -0.25) is 4.79 Å². The summed E-state index contributed by atoms with van der Waals surface area (Å²) in [5.74, 6) is -0.00164. The molecule has 0 saturated heterocycles. The predicted molar refractivity (Wildman–Crippen MR) is 129 cm³/mol. The number of aliphatic carboxylic acids is 1. The van der Waals surface area contributed by atoms with Crippen LogP contribution < -0.4 is 15.4 Å². The van der Waals surface area contributed by atoms with Crippen LogP contribution in [0.5, 0.6) is 5.75 Å².